The van der Waals surface area contributed by atoms with Crippen molar-refractivity contribution in [2.45, 2.75) is 36.8 Å². The second kappa shape index (κ2) is 3.27. The van der Waals surface area contributed by atoms with Crippen molar-refractivity contribution < 1.29 is 25.5 Å². The van der Waals surface area contributed by atoms with E-state index in [1.165, 1.54) is 0 Å². The second-order valence-corrected chi connectivity index (χ2v) is 3.30. The Labute approximate surface area is 69.9 Å². The van der Waals surface area contributed by atoms with Gasteiger partial charge in [-0.1, -0.05) is 0 Å². The van der Waals surface area contributed by atoms with Gasteiger partial charge in [-0.15, -0.1) is 0 Å². The molecular weight excluding hydrogens is 164 g/mol. The van der Waals surface area contributed by atoms with Crippen LogP contribution in [0, 0.1) is 0 Å². The first-order valence-corrected chi connectivity index (χ1v) is 3.89. The number of hydrogen-bond acceptors (Lipinski definition) is 5. The van der Waals surface area contributed by atoms with E-state index in [4.69, 9.17) is 15.3 Å². The lowest BCUT2D eigenvalue weighted by Crippen LogP contribution is -2.59. The van der Waals surface area contributed by atoms with Crippen molar-refractivity contribution >= 4 is 0 Å². The number of aliphatic hydroxyl groups excluding tert-OH is 4. The highest BCUT2D eigenvalue weighted by Crippen LogP contribution is 2.28. The van der Waals surface area contributed by atoms with Crippen molar-refractivity contribution in [1.29, 1.82) is 0 Å². The van der Waals surface area contributed by atoms with Gasteiger partial charge >= 0.3 is 0 Å². The van der Waals surface area contributed by atoms with Gasteiger partial charge in [0, 0.05) is 0 Å². The summed E-state index contributed by atoms with van der Waals surface area (Å²) in [6, 6.07) is 0. The maximum Gasteiger partial charge on any atom is 0.116 e. The van der Waals surface area contributed by atoms with Crippen LogP contribution < -0.4 is 0 Å². The van der Waals surface area contributed by atoms with E-state index in [0.717, 1.165) is 0 Å². The maximum absolute atomic E-state index is 9.47. The average molecular weight is 178 g/mol. The predicted octanol–water partition coefficient (Wildman–Crippen LogP) is -2.41. The Morgan fingerprint density at radius 1 is 1.25 bits per heavy atom. The molecule has 5 nitrogen and oxygen atoms in total. The van der Waals surface area contributed by atoms with Crippen molar-refractivity contribution in [3.63, 3.8) is 0 Å². The number of hydrogen-bond donors (Lipinski definition) is 5. The van der Waals surface area contributed by atoms with E-state index >= 15 is 0 Å². The highest BCUT2D eigenvalue weighted by Gasteiger charge is 2.46. The Bertz CT molecular complexity index is 162. The van der Waals surface area contributed by atoms with Crippen molar-refractivity contribution in [3.05, 3.63) is 0 Å². The predicted molar refractivity (Wildman–Crippen MR) is 39.3 cm³/mol. The van der Waals surface area contributed by atoms with Gasteiger partial charge in [0.15, 0.2) is 0 Å². The molecule has 0 aliphatic heterocycles. The average Bonchev–Trinajstić information content (AvgIpc) is 2.09. The van der Waals surface area contributed by atoms with Crippen LogP contribution in [-0.4, -0.2) is 56.1 Å². The smallest absolute Gasteiger partial charge is 0.116 e. The molecule has 0 aromatic carbocycles. The summed E-state index contributed by atoms with van der Waals surface area (Å²) in [5.41, 5.74) is -1.67. The molecule has 0 spiro atoms. The zero-order valence-corrected chi connectivity index (χ0v) is 6.59. The number of rotatable bonds is 1. The minimum absolute atomic E-state index is 0.0862. The van der Waals surface area contributed by atoms with Gasteiger partial charge in [-0.3, -0.25) is 0 Å². The van der Waals surface area contributed by atoms with Gasteiger partial charge < -0.3 is 25.5 Å². The topological polar surface area (TPSA) is 101 Å². The van der Waals surface area contributed by atoms with Crippen LogP contribution in [0.4, 0.5) is 0 Å². The molecule has 1 aliphatic rings. The Morgan fingerprint density at radius 2 is 1.83 bits per heavy atom. The van der Waals surface area contributed by atoms with Crippen LogP contribution in [0.15, 0.2) is 0 Å². The third-order valence-corrected chi connectivity index (χ3v) is 2.42. The van der Waals surface area contributed by atoms with Crippen LogP contribution in [0.25, 0.3) is 0 Å². The highest BCUT2D eigenvalue weighted by atomic mass is 16.4. The van der Waals surface area contributed by atoms with Crippen LogP contribution in [0.1, 0.15) is 12.8 Å². The van der Waals surface area contributed by atoms with E-state index in [1.54, 1.807) is 0 Å². The summed E-state index contributed by atoms with van der Waals surface area (Å²) in [6.45, 7) is -0.613. The molecule has 0 saturated heterocycles. The summed E-state index contributed by atoms with van der Waals surface area (Å²) in [5.74, 6) is 0. The molecule has 0 unspecified atom stereocenters. The van der Waals surface area contributed by atoms with Gasteiger partial charge in [-0.2, -0.15) is 0 Å². The zero-order valence-electron chi connectivity index (χ0n) is 6.59. The normalized spacial score (nSPS) is 49.2. The molecule has 72 valence electrons. The highest BCUT2D eigenvalue weighted by molar-refractivity contribution is 4.97. The van der Waals surface area contributed by atoms with Gasteiger partial charge in [-0.25, -0.2) is 0 Å². The van der Waals surface area contributed by atoms with E-state index in [9.17, 15) is 10.2 Å². The van der Waals surface area contributed by atoms with Gasteiger partial charge in [0.25, 0.3) is 0 Å². The molecule has 0 radical (unpaired) electrons. The first-order chi connectivity index (χ1) is 5.51. The SMILES string of the molecule is OC[C@]1(O)CC[C@@H](O)[C@@H](O)[C@@H]1O. The molecule has 12 heavy (non-hydrogen) atoms. The number of aliphatic hydroxyl groups is 5. The van der Waals surface area contributed by atoms with Crippen LogP contribution in [0.3, 0.4) is 0 Å². The molecule has 1 saturated carbocycles. The van der Waals surface area contributed by atoms with Crippen molar-refractivity contribution in [3.8, 4) is 0 Å². The lowest BCUT2D eigenvalue weighted by atomic mass is 9.79. The lowest BCUT2D eigenvalue weighted by Gasteiger charge is -2.40. The molecule has 0 aromatic heterocycles. The maximum atomic E-state index is 9.47. The fourth-order valence-corrected chi connectivity index (χ4v) is 1.42. The van der Waals surface area contributed by atoms with Crippen LogP contribution in [0.5, 0.6) is 0 Å². The molecule has 1 aliphatic carbocycles. The molecule has 1 fully saturated rings. The molecular formula is C7H14O5. The van der Waals surface area contributed by atoms with Gasteiger partial charge in [0.1, 0.15) is 17.8 Å². The second-order valence-electron chi connectivity index (χ2n) is 3.30. The molecule has 1 rings (SSSR count). The quantitative estimate of drug-likeness (QED) is 0.308. The summed E-state index contributed by atoms with van der Waals surface area (Å²) >= 11 is 0. The summed E-state index contributed by atoms with van der Waals surface area (Å²) < 4.78 is 0. The Hall–Kier alpha value is -0.200. The molecule has 5 N–H and O–H groups in total. The Morgan fingerprint density at radius 3 is 2.33 bits per heavy atom. The first kappa shape index (κ1) is 9.88. The summed E-state index contributed by atoms with van der Waals surface area (Å²) in [4.78, 5) is 0. The summed E-state index contributed by atoms with van der Waals surface area (Å²) in [6.07, 6.45) is -3.62. The summed E-state index contributed by atoms with van der Waals surface area (Å²) in [7, 11) is 0. The Kier molecular flexibility index (Phi) is 2.70. The van der Waals surface area contributed by atoms with Crippen LogP contribution in [-0.2, 0) is 0 Å². The first-order valence-electron chi connectivity index (χ1n) is 3.89. The minimum Gasteiger partial charge on any atom is -0.393 e. The standard InChI is InChI=1S/C7H14O5/c8-3-7(12)2-1-4(9)5(10)6(7)11/h4-6,8-12H,1-3H2/t4-,5-,6+,7-/m1/s1. The van der Waals surface area contributed by atoms with Gasteiger partial charge in [0.2, 0.25) is 0 Å². The Balaban J connectivity index is 2.71. The van der Waals surface area contributed by atoms with E-state index in [-0.39, 0.29) is 12.8 Å². The largest absolute Gasteiger partial charge is 0.393 e. The van der Waals surface area contributed by atoms with Gasteiger partial charge in [0.05, 0.1) is 12.7 Å². The van der Waals surface area contributed by atoms with Gasteiger partial charge in [-0.05, 0) is 12.8 Å². The molecule has 0 bridgehead atoms. The van der Waals surface area contributed by atoms with Crippen molar-refractivity contribution in [1.82, 2.24) is 0 Å². The van der Waals surface area contributed by atoms with E-state index < -0.39 is 30.5 Å². The monoisotopic (exact) mass is 178 g/mol. The molecule has 4 atom stereocenters. The zero-order chi connectivity index (χ0) is 9.35. The fourth-order valence-electron chi connectivity index (χ4n) is 1.42. The molecule has 0 amide bonds. The summed E-state index contributed by atoms with van der Waals surface area (Å²) in [5, 5.41) is 45.6. The van der Waals surface area contributed by atoms with Crippen molar-refractivity contribution in [2.24, 2.45) is 0 Å². The van der Waals surface area contributed by atoms with Crippen LogP contribution in [0.2, 0.25) is 0 Å². The van der Waals surface area contributed by atoms with Crippen LogP contribution >= 0.6 is 0 Å². The minimum atomic E-state index is -1.67. The lowest BCUT2D eigenvalue weighted by molar-refractivity contribution is -0.197. The molecule has 5 heteroatoms. The molecule has 0 heterocycles. The molecule has 0 aromatic rings. The van der Waals surface area contributed by atoms with Crippen molar-refractivity contribution in [2.75, 3.05) is 6.61 Å². The third-order valence-electron chi connectivity index (χ3n) is 2.42. The fraction of sp³-hybridized carbons (Fsp3) is 1.00. The third kappa shape index (κ3) is 1.46. The van der Waals surface area contributed by atoms with E-state index in [0.29, 0.717) is 0 Å². The van der Waals surface area contributed by atoms with E-state index in [1.807, 2.05) is 0 Å². The van der Waals surface area contributed by atoms with E-state index in [2.05, 4.69) is 0 Å².